The number of halogens is 1. The van der Waals surface area contributed by atoms with Crippen LogP contribution in [0, 0.1) is 5.92 Å². The van der Waals surface area contributed by atoms with Crippen LogP contribution in [0.1, 0.15) is 18.9 Å². The van der Waals surface area contributed by atoms with Gasteiger partial charge in [0.1, 0.15) is 0 Å². The summed E-state index contributed by atoms with van der Waals surface area (Å²) in [7, 11) is 0. The van der Waals surface area contributed by atoms with Gasteiger partial charge in [0.2, 0.25) is 0 Å². The van der Waals surface area contributed by atoms with Crippen LogP contribution >= 0.6 is 15.9 Å². The van der Waals surface area contributed by atoms with E-state index in [0.29, 0.717) is 12.5 Å². The highest BCUT2D eigenvalue weighted by molar-refractivity contribution is 9.10. The second-order valence-corrected chi connectivity index (χ2v) is 5.10. The molecule has 1 aliphatic rings. The molecular weight excluding hydrogens is 254 g/mol. The lowest BCUT2D eigenvalue weighted by atomic mass is 9.83. The average Bonchev–Trinajstić information content (AvgIpc) is 2.61. The molecule has 1 aliphatic heterocycles. The lowest BCUT2D eigenvalue weighted by Gasteiger charge is -2.30. The largest absolute Gasteiger partial charge is 0.370 e. The third-order valence-electron chi connectivity index (χ3n) is 3.35. The van der Waals surface area contributed by atoms with Crippen LogP contribution in [-0.4, -0.2) is 13.2 Å². The Labute approximate surface area is 98.9 Å². The first kappa shape index (κ1) is 11.1. The Hall–Kier alpha value is -0.380. The molecule has 0 radical (unpaired) electrons. The van der Waals surface area contributed by atoms with Crippen LogP contribution in [0.25, 0.3) is 0 Å². The maximum absolute atomic E-state index is 5.87. The van der Waals surface area contributed by atoms with Gasteiger partial charge in [0, 0.05) is 17.0 Å². The molecule has 0 aromatic heterocycles. The number of benzene rings is 1. The van der Waals surface area contributed by atoms with E-state index in [0.717, 1.165) is 17.5 Å². The molecule has 1 aromatic rings. The minimum absolute atomic E-state index is 0.199. The molecule has 3 heteroatoms. The summed E-state index contributed by atoms with van der Waals surface area (Å²) in [6, 6.07) is 8.32. The van der Waals surface area contributed by atoms with E-state index in [9.17, 15) is 0 Å². The van der Waals surface area contributed by atoms with Gasteiger partial charge in [-0.25, -0.2) is 0 Å². The van der Waals surface area contributed by atoms with Crippen molar-refractivity contribution in [3.8, 4) is 0 Å². The Bertz CT molecular complexity index is 338. The second-order valence-electron chi connectivity index (χ2n) is 4.18. The van der Waals surface area contributed by atoms with E-state index in [4.69, 9.17) is 10.5 Å². The minimum atomic E-state index is -0.199. The highest BCUT2D eigenvalue weighted by Gasteiger charge is 2.40. The van der Waals surface area contributed by atoms with Gasteiger partial charge < -0.3 is 10.5 Å². The van der Waals surface area contributed by atoms with E-state index in [1.807, 2.05) is 0 Å². The summed E-state index contributed by atoms with van der Waals surface area (Å²) in [6.07, 6.45) is 1.06. The SMILES string of the molecule is CC1(c2ccc(Br)cc2)OCCC1CN. The summed E-state index contributed by atoms with van der Waals surface area (Å²) >= 11 is 3.44. The molecule has 1 aromatic carbocycles. The number of nitrogens with two attached hydrogens (primary N) is 1. The summed E-state index contributed by atoms with van der Waals surface area (Å²) in [4.78, 5) is 0. The number of hydrogen-bond donors (Lipinski definition) is 1. The van der Waals surface area contributed by atoms with Crippen molar-refractivity contribution in [2.75, 3.05) is 13.2 Å². The molecule has 1 fully saturated rings. The van der Waals surface area contributed by atoms with E-state index in [-0.39, 0.29) is 5.60 Å². The fourth-order valence-corrected chi connectivity index (χ4v) is 2.51. The van der Waals surface area contributed by atoms with E-state index in [1.54, 1.807) is 0 Å². The van der Waals surface area contributed by atoms with Crippen LogP contribution in [0.2, 0.25) is 0 Å². The molecule has 2 unspecified atom stereocenters. The summed E-state index contributed by atoms with van der Waals surface area (Å²) in [6.45, 7) is 3.64. The number of rotatable bonds is 2. The maximum atomic E-state index is 5.87. The van der Waals surface area contributed by atoms with Crippen LogP contribution in [0.5, 0.6) is 0 Å². The topological polar surface area (TPSA) is 35.2 Å². The van der Waals surface area contributed by atoms with Gasteiger partial charge in [-0.3, -0.25) is 0 Å². The van der Waals surface area contributed by atoms with Gasteiger partial charge >= 0.3 is 0 Å². The minimum Gasteiger partial charge on any atom is -0.370 e. The standard InChI is InChI=1S/C12H16BrNO/c1-12(10(8-14)6-7-15-12)9-2-4-11(13)5-3-9/h2-5,10H,6-8,14H2,1H3. The van der Waals surface area contributed by atoms with Crippen LogP contribution < -0.4 is 5.73 Å². The Morgan fingerprint density at radius 1 is 1.47 bits per heavy atom. The van der Waals surface area contributed by atoms with Crippen LogP contribution in [0.15, 0.2) is 28.7 Å². The van der Waals surface area contributed by atoms with Crippen LogP contribution in [0.4, 0.5) is 0 Å². The van der Waals surface area contributed by atoms with Crippen molar-refractivity contribution in [2.45, 2.75) is 18.9 Å². The molecule has 0 saturated carbocycles. The summed E-state index contributed by atoms with van der Waals surface area (Å²) in [5.41, 5.74) is 6.81. The maximum Gasteiger partial charge on any atom is 0.0944 e. The van der Waals surface area contributed by atoms with Crippen molar-refractivity contribution in [3.05, 3.63) is 34.3 Å². The molecule has 0 amide bonds. The highest BCUT2D eigenvalue weighted by Crippen LogP contribution is 2.40. The molecule has 2 nitrogen and oxygen atoms in total. The van der Waals surface area contributed by atoms with Crippen LogP contribution in [0.3, 0.4) is 0 Å². The first-order chi connectivity index (χ1) is 7.16. The third kappa shape index (κ3) is 1.96. The highest BCUT2D eigenvalue weighted by atomic mass is 79.9. The second kappa shape index (κ2) is 4.24. The molecule has 1 heterocycles. The fourth-order valence-electron chi connectivity index (χ4n) is 2.25. The molecule has 1 saturated heterocycles. The number of ether oxygens (including phenoxy) is 1. The predicted molar refractivity (Wildman–Crippen MR) is 64.6 cm³/mol. The molecule has 0 aliphatic carbocycles. The lowest BCUT2D eigenvalue weighted by Crippen LogP contribution is -2.33. The zero-order valence-electron chi connectivity index (χ0n) is 8.87. The molecule has 2 N–H and O–H groups in total. The van der Waals surface area contributed by atoms with Crippen molar-refractivity contribution >= 4 is 15.9 Å². The van der Waals surface area contributed by atoms with E-state index < -0.39 is 0 Å². The van der Waals surface area contributed by atoms with Crippen molar-refractivity contribution in [3.63, 3.8) is 0 Å². The average molecular weight is 270 g/mol. The molecule has 2 rings (SSSR count). The molecule has 0 bridgehead atoms. The Kier molecular flexibility index (Phi) is 3.14. The summed E-state index contributed by atoms with van der Waals surface area (Å²) < 4.78 is 6.97. The summed E-state index contributed by atoms with van der Waals surface area (Å²) in [5.74, 6) is 0.429. The normalized spacial score (nSPS) is 30.7. The Morgan fingerprint density at radius 2 is 2.13 bits per heavy atom. The van der Waals surface area contributed by atoms with Crippen molar-refractivity contribution < 1.29 is 4.74 Å². The third-order valence-corrected chi connectivity index (χ3v) is 3.88. The molecular formula is C12H16BrNO. The Balaban J connectivity index is 2.32. The number of hydrogen-bond acceptors (Lipinski definition) is 2. The fraction of sp³-hybridized carbons (Fsp3) is 0.500. The monoisotopic (exact) mass is 269 g/mol. The van der Waals surface area contributed by atoms with E-state index in [2.05, 4.69) is 47.1 Å². The van der Waals surface area contributed by atoms with Gasteiger partial charge in [-0.1, -0.05) is 28.1 Å². The molecule has 2 atom stereocenters. The first-order valence-electron chi connectivity index (χ1n) is 5.27. The van der Waals surface area contributed by atoms with Crippen LogP contribution in [-0.2, 0) is 10.3 Å². The van der Waals surface area contributed by atoms with Gasteiger partial charge in [0.25, 0.3) is 0 Å². The van der Waals surface area contributed by atoms with Crippen molar-refractivity contribution in [2.24, 2.45) is 11.7 Å². The van der Waals surface area contributed by atoms with Gasteiger partial charge in [-0.05, 0) is 37.6 Å². The zero-order valence-corrected chi connectivity index (χ0v) is 10.5. The summed E-state index contributed by atoms with van der Waals surface area (Å²) in [5, 5.41) is 0. The van der Waals surface area contributed by atoms with Crippen molar-refractivity contribution in [1.82, 2.24) is 0 Å². The van der Waals surface area contributed by atoms with Gasteiger partial charge in [0.15, 0.2) is 0 Å². The lowest BCUT2D eigenvalue weighted by molar-refractivity contribution is -0.00792. The van der Waals surface area contributed by atoms with E-state index >= 15 is 0 Å². The molecule has 15 heavy (non-hydrogen) atoms. The zero-order chi connectivity index (χ0) is 10.9. The predicted octanol–water partition coefficient (Wildman–Crippen LogP) is 2.66. The van der Waals surface area contributed by atoms with Gasteiger partial charge in [0.05, 0.1) is 5.60 Å². The van der Waals surface area contributed by atoms with Gasteiger partial charge in [-0.2, -0.15) is 0 Å². The smallest absolute Gasteiger partial charge is 0.0944 e. The Morgan fingerprint density at radius 3 is 2.73 bits per heavy atom. The first-order valence-corrected chi connectivity index (χ1v) is 6.06. The van der Waals surface area contributed by atoms with Crippen molar-refractivity contribution in [1.29, 1.82) is 0 Å². The molecule has 82 valence electrons. The van der Waals surface area contributed by atoms with Gasteiger partial charge in [-0.15, -0.1) is 0 Å². The quantitative estimate of drug-likeness (QED) is 0.896. The molecule has 0 spiro atoms. The van der Waals surface area contributed by atoms with E-state index in [1.165, 1.54) is 5.56 Å².